The Morgan fingerprint density at radius 2 is 1.77 bits per heavy atom. The van der Waals surface area contributed by atoms with Gasteiger partial charge >= 0.3 is 0 Å². The van der Waals surface area contributed by atoms with Gasteiger partial charge < -0.3 is 10.6 Å². The number of nitrogens with zero attached hydrogens (tertiary/aromatic N) is 3. The number of halogens is 1. The number of rotatable bonds is 5. The van der Waals surface area contributed by atoms with E-state index < -0.39 is 0 Å². The van der Waals surface area contributed by atoms with Crippen LogP contribution in [0.2, 0.25) is 5.02 Å². The van der Waals surface area contributed by atoms with E-state index in [1.807, 2.05) is 42.5 Å². The van der Waals surface area contributed by atoms with Gasteiger partial charge in [0.2, 0.25) is 5.95 Å². The predicted molar refractivity (Wildman–Crippen MR) is 88.3 cm³/mol. The van der Waals surface area contributed by atoms with Crippen LogP contribution >= 0.6 is 11.6 Å². The lowest BCUT2D eigenvalue weighted by Crippen LogP contribution is -2.04. The molecule has 5 nitrogen and oxygen atoms in total. The van der Waals surface area contributed by atoms with Crippen LogP contribution in [0.3, 0.4) is 0 Å². The predicted octanol–water partition coefficient (Wildman–Crippen LogP) is 3.88. The molecule has 110 valence electrons. The van der Waals surface area contributed by atoms with Crippen molar-refractivity contribution in [3.63, 3.8) is 0 Å². The van der Waals surface area contributed by atoms with Gasteiger partial charge in [0.1, 0.15) is 5.82 Å². The highest BCUT2D eigenvalue weighted by Crippen LogP contribution is 2.23. The number of para-hydroxylation sites is 1. The standard InChI is InChI=1S/C16H14ClN5/c17-13-3-1-2-4-14(13)21-16-19-10-7-15(22-16)20-11-12-5-8-18-9-6-12/h1-10H,11H2,(H2,19,20,21,22). The highest BCUT2D eigenvalue weighted by atomic mass is 35.5. The van der Waals surface area contributed by atoms with Gasteiger partial charge in [0, 0.05) is 25.1 Å². The zero-order valence-corrected chi connectivity index (χ0v) is 12.5. The molecule has 2 aromatic heterocycles. The molecule has 3 aromatic rings. The maximum Gasteiger partial charge on any atom is 0.229 e. The van der Waals surface area contributed by atoms with Crippen LogP contribution in [-0.2, 0) is 6.54 Å². The normalized spacial score (nSPS) is 10.2. The second-order valence-corrected chi connectivity index (χ2v) is 4.99. The summed E-state index contributed by atoms with van der Waals surface area (Å²) < 4.78 is 0. The SMILES string of the molecule is Clc1ccccc1Nc1nccc(NCc2ccncc2)n1. The Kier molecular flexibility index (Phi) is 4.46. The molecule has 3 rings (SSSR count). The summed E-state index contributed by atoms with van der Waals surface area (Å²) in [7, 11) is 0. The van der Waals surface area contributed by atoms with Gasteiger partial charge in [-0.25, -0.2) is 4.98 Å². The number of hydrogen-bond acceptors (Lipinski definition) is 5. The molecule has 0 unspecified atom stereocenters. The lowest BCUT2D eigenvalue weighted by atomic mass is 10.3. The molecule has 0 amide bonds. The van der Waals surface area contributed by atoms with Gasteiger partial charge in [0.05, 0.1) is 10.7 Å². The molecule has 0 aliphatic carbocycles. The summed E-state index contributed by atoms with van der Waals surface area (Å²) in [6, 6.07) is 13.2. The molecule has 0 bridgehead atoms. The molecule has 0 spiro atoms. The Morgan fingerprint density at radius 3 is 2.59 bits per heavy atom. The molecule has 0 radical (unpaired) electrons. The molecule has 2 N–H and O–H groups in total. The van der Waals surface area contributed by atoms with Crippen LogP contribution in [0.15, 0.2) is 61.1 Å². The van der Waals surface area contributed by atoms with E-state index >= 15 is 0 Å². The maximum atomic E-state index is 6.12. The second kappa shape index (κ2) is 6.87. The number of anilines is 3. The molecule has 22 heavy (non-hydrogen) atoms. The van der Waals surface area contributed by atoms with Gasteiger partial charge in [-0.15, -0.1) is 0 Å². The number of pyridine rings is 1. The minimum atomic E-state index is 0.493. The Morgan fingerprint density at radius 1 is 0.955 bits per heavy atom. The van der Waals surface area contributed by atoms with Crippen LogP contribution < -0.4 is 10.6 Å². The monoisotopic (exact) mass is 311 g/mol. The van der Waals surface area contributed by atoms with Crippen LogP contribution in [0.4, 0.5) is 17.5 Å². The van der Waals surface area contributed by atoms with Crippen molar-refractivity contribution in [2.24, 2.45) is 0 Å². The van der Waals surface area contributed by atoms with Crippen LogP contribution in [0, 0.1) is 0 Å². The topological polar surface area (TPSA) is 62.7 Å². The molecule has 2 heterocycles. The Hall–Kier alpha value is -2.66. The van der Waals surface area contributed by atoms with E-state index in [9.17, 15) is 0 Å². The van der Waals surface area contributed by atoms with Gasteiger partial charge in [-0.1, -0.05) is 23.7 Å². The average Bonchev–Trinajstić information content (AvgIpc) is 2.57. The van der Waals surface area contributed by atoms with Gasteiger partial charge in [0.25, 0.3) is 0 Å². The highest BCUT2D eigenvalue weighted by molar-refractivity contribution is 6.33. The van der Waals surface area contributed by atoms with E-state index in [-0.39, 0.29) is 0 Å². The summed E-state index contributed by atoms with van der Waals surface area (Å²) >= 11 is 6.12. The molecule has 0 fully saturated rings. The molecule has 0 saturated heterocycles. The van der Waals surface area contributed by atoms with E-state index in [0.29, 0.717) is 17.5 Å². The molecule has 0 atom stereocenters. The first-order valence-electron chi connectivity index (χ1n) is 6.78. The van der Waals surface area contributed by atoms with Crippen LogP contribution in [0.1, 0.15) is 5.56 Å². The van der Waals surface area contributed by atoms with Gasteiger partial charge in [-0.2, -0.15) is 4.98 Å². The van der Waals surface area contributed by atoms with E-state index in [1.165, 1.54) is 0 Å². The maximum absolute atomic E-state index is 6.12. The minimum absolute atomic E-state index is 0.493. The van der Waals surface area contributed by atoms with E-state index in [1.54, 1.807) is 18.6 Å². The van der Waals surface area contributed by atoms with Crippen molar-refractivity contribution < 1.29 is 0 Å². The summed E-state index contributed by atoms with van der Waals surface area (Å²) in [4.78, 5) is 12.6. The van der Waals surface area contributed by atoms with E-state index in [2.05, 4.69) is 25.6 Å². The lowest BCUT2D eigenvalue weighted by molar-refractivity contribution is 1.08. The van der Waals surface area contributed by atoms with Crippen LogP contribution in [0.5, 0.6) is 0 Å². The first kappa shape index (κ1) is 14.3. The van der Waals surface area contributed by atoms with Crippen molar-refractivity contribution in [2.75, 3.05) is 10.6 Å². The van der Waals surface area contributed by atoms with Crippen LogP contribution in [0.25, 0.3) is 0 Å². The molecule has 0 aliphatic rings. The molecule has 6 heteroatoms. The Bertz CT molecular complexity index is 748. The molecular weight excluding hydrogens is 298 g/mol. The fourth-order valence-electron chi connectivity index (χ4n) is 1.89. The smallest absolute Gasteiger partial charge is 0.229 e. The molecule has 1 aromatic carbocycles. The quantitative estimate of drug-likeness (QED) is 0.748. The van der Waals surface area contributed by atoms with E-state index in [4.69, 9.17) is 11.6 Å². The zero-order chi connectivity index (χ0) is 15.2. The van der Waals surface area contributed by atoms with Crippen molar-refractivity contribution in [3.8, 4) is 0 Å². The number of aromatic nitrogens is 3. The third kappa shape index (κ3) is 3.71. The third-order valence-corrected chi connectivity index (χ3v) is 3.33. The molecule has 0 aliphatic heterocycles. The fourth-order valence-corrected chi connectivity index (χ4v) is 2.08. The molecular formula is C16H14ClN5. The van der Waals surface area contributed by atoms with Crippen LogP contribution in [-0.4, -0.2) is 15.0 Å². The second-order valence-electron chi connectivity index (χ2n) is 4.58. The highest BCUT2D eigenvalue weighted by Gasteiger charge is 2.03. The van der Waals surface area contributed by atoms with Gasteiger partial charge in [-0.05, 0) is 35.9 Å². The Labute approximate surface area is 133 Å². The first-order chi connectivity index (χ1) is 10.8. The van der Waals surface area contributed by atoms with Crippen molar-refractivity contribution in [3.05, 3.63) is 71.6 Å². The number of nitrogens with one attached hydrogen (secondary N) is 2. The average molecular weight is 312 g/mol. The van der Waals surface area contributed by atoms with Crippen molar-refractivity contribution in [2.45, 2.75) is 6.54 Å². The summed E-state index contributed by atoms with van der Waals surface area (Å²) in [5.74, 6) is 1.23. The first-order valence-corrected chi connectivity index (χ1v) is 7.16. The largest absolute Gasteiger partial charge is 0.366 e. The summed E-state index contributed by atoms with van der Waals surface area (Å²) in [6.45, 7) is 0.672. The van der Waals surface area contributed by atoms with E-state index in [0.717, 1.165) is 17.1 Å². The third-order valence-electron chi connectivity index (χ3n) is 3.00. The lowest BCUT2D eigenvalue weighted by Gasteiger charge is -2.09. The fraction of sp³-hybridized carbons (Fsp3) is 0.0625. The van der Waals surface area contributed by atoms with Crippen molar-refractivity contribution in [1.82, 2.24) is 15.0 Å². The van der Waals surface area contributed by atoms with Gasteiger partial charge in [0.15, 0.2) is 0 Å². The minimum Gasteiger partial charge on any atom is -0.366 e. The van der Waals surface area contributed by atoms with Crippen molar-refractivity contribution >= 4 is 29.1 Å². The van der Waals surface area contributed by atoms with Crippen molar-refractivity contribution in [1.29, 1.82) is 0 Å². The number of hydrogen-bond donors (Lipinski definition) is 2. The van der Waals surface area contributed by atoms with Gasteiger partial charge in [-0.3, -0.25) is 4.98 Å². The summed E-state index contributed by atoms with van der Waals surface area (Å²) in [6.07, 6.45) is 5.23. The summed E-state index contributed by atoms with van der Waals surface area (Å²) in [5.41, 5.74) is 1.91. The summed E-state index contributed by atoms with van der Waals surface area (Å²) in [5, 5.41) is 6.98. The number of benzene rings is 1. The Balaban J connectivity index is 1.69. The molecule has 0 saturated carbocycles. The zero-order valence-electron chi connectivity index (χ0n) is 11.7.